The number of pyridine rings is 1. The van der Waals surface area contributed by atoms with Crippen molar-refractivity contribution in [2.75, 3.05) is 13.2 Å². The Bertz CT molecular complexity index is 811. The first-order chi connectivity index (χ1) is 12.7. The minimum absolute atomic E-state index is 0.109. The molecule has 144 valence electrons. The van der Waals surface area contributed by atoms with Crippen molar-refractivity contribution < 1.29 is 14.6 Å². The molecule has 0 spiro atoms. The largest absolute Gasteiger partial charge is 0.491 e. The first-order valence-corrected chi connectivity index (χ1v) is 9.41. The zero-order chi connectivity index (χ0) is 19.7. The number of rotatable bonds is 6. The van der Waals surface area contributed by atoms with Gasteiger partial charge in [-0.1, -0.05) is 23.7 Å². The summed E-state index contributed by atoms with van der Waals surface area (Å²) in [5.74, 6) is 0.686. The summed E-state index contributed by atoms with van der Waals surface area (Å²) in [7, 11) is 0. The van der Waals surface area contributed by atoms with E-state index in [0.29, 0.717) is 23.9 Å². The lowest BCUT2D eigenvalue weighted by Crippen LogP contribution is -2.48. The number of carbonyl (C=O) groups is 1. The van der Waals surface area contributed by atoms with Crippen LogP contribution in [0.5, 0.6) is 5.75 Å². The summed E-state index contributed by atoms with van der Waals surface area (Å²) in [5.41, 5.74) is 1.43. The van der Waals surface area contributed by atoms with Gasteiger partial charge in [-0.2, -0.15) is 0 Å². The fourth-order valence-corrected chi connectivity index (χ4v) is 3.11. The Morgan fingerprint density at radius 3 is 2.44 bits per heavy atom. The van der Waals surface area contributed by atoms with Crippen molar-refractivity contribution in [3.63, 3.8) is 0 Å². The minimum atomic E-state index is -0.889. The van der Waals surface area contributed by atoms with Gasteiger partial charge >= 0.3 is 6.09 Å². The van der Waals surface area contributed by atoms with Crippen LogP contribution in [-0.4, -0.2) is 39.8 Å². The molecule has 1 aromatic carbocycles. The van der Waals surface area contributed by atoms with Gasteiger partial charge in [0.1, 0.15) is 5.75 Å². The van der Waals surface area contributed by atoms with E-state index in [1.54, 1.807) is 12.4 Å². The molecule has 27 heavy (non-hydrogen) atoms. The summed E-state index contributed by atoms with van der Waals surface area (Å²) in [4.78, 5) is 17.4. The molecule has 1 aliphatic carbocycles. The number of amides is 1. The molecule has 0 saturated heterocycles. The fourth-order valence-electron chi connectivity index (χ4n) is 2.99. The number of halogens is 1. The third kappa shape index (κ3) is 4.92. The summed E-state index contributed by atoms with van der Waals surface area (Å²) >= 11 is 5.95. The number of carboxylic acid groups (broad SMARTS) is 1. The van der Waals surface area contributed by atoms with Crippen LogP contribution in [0.1, 0.15) is 33.6 Å². The highest BCUT2D eigenvalue weighted by Gasteiger charge is 2.47. The number of benzene rings is 1. The minimum Gasteiger partial charge on any atom is -0.491 e. The quantitative estimate of drug-likeness (QED) is 0.725. The predicted octanol–water partition coefficient (Wildman–Crippen LogP) is 5.34. The van der Waals surface area contributed by atoms with E-state index < -0.39 is 11.6 Å². The Labute approximate surface area is 164 Å². The highest BCUT2D eigenvalue weighted by Crippen LogP contribution is 2.47. The number of nitrogens with zero attached hydrogens (tertiary/aromatic N) is 2. The molecule has 1 aliphatic rings. The summed E-state index contributed by atoms with van der Waals surface area (Å²) in [6, 6.07) is 9.53. The van der Waals surface area contributed by atoms with Gasteiger partial charge in [0.15, 0.2) is 0 Å². The third-order valence-electron chi connectivity index (χ3n) is 4.93. The van der Waals surface area contributed by atoms with E-state index in [1.165, 1.54) is 4.90 Å². The van der Waals surface area contributed by atoms with Gasteiger partial charge in [0.05, 0.1) is 12.8 Å². The van der Waals surface area contributed by atoms with Crippen LogP contribution < -0.4 is 4.74 Å². The lowest BCUT2D eigenvalue weighted by Gasteiger charge is -2.36. The Morgan fingerprint density at radius 1 is 1.22 bits per heavy atom. The van der Waals surface area contributed by atoms with Crippen LogP contribution in [0.3, 0.4) is 0 Å². The van der Waals surface area contributed by atoms with Crippen LogP contribution in [0, 0.1) is 5.41 Å². The molecule has 1 saturated carbocycles. The monoisotopic (exact) mass is 388 g/mol. The van der Waals surface area contributed by atoms with Crippen molar-refractivity contribution in [3.8, 4) is 16.9 Å². The van der Waals surface area contributed by atoms with Crippen molar-refractivity contribution >= 4 is 17.7 Å². The van der Waals surface area contributed by atoms with Gasteiger partial charge in [-0.15, -0.1) is 0 Å². The molecular formula is C21H25ClN2O3. The lowest BCUT2D eigenvalue weighted by atomic mass is 10.0. The highest BCUT2D eigenvalue weighted by molar-refractivity contribution is 6.30. The first kappa shape index (κ1) is 19.5. The maximum atomic E-state index is 11.6. The number of aromatic nitrogens is 1. The molecule has 0 unspecified atom stereocenters. The van der Waals surface area contributed by atoms with E-state index in [-0.39, 0.29) is 5.41 Å². The van der Waals surface area contributed by atoms with Crippen molar-refractivity contribution in [3.05, 3.63) is 47.7 Å². The molecule has 1 N–H and O–H groups in total. The van der Waals surface area contributed by atoms with E-state index in [4.69, 9.17) is 16.3 Å². The lowest BCUT2D eigenvalue weighted by molar-refractivity contribution is 0.0746. The maximum Gasteiger partial charge on any atom is 0.407 e. The molecular weight excluding hydrogens is 364 g/mol. The number of ether oxygens (including phenoxy) is 1. The molecule has 1 heterocycles. The Kier molecular flexibility index (Phi) is 5.33. The van der Waals surface area contributed by atoms with Gasteiger partial charge < -0.3 is 14.7 Å². The number of hydrogen-bond acceptors (Lipinski definition) is 3. The van der Waals surface area contributed by atoms with Crippen molar-refractivity contribution in [2.24, 2.45) is 5.41 Å². The number of hydrogen-bond donors (Lipinski definition) is 1. The van der Waals surface area contributed by atoms with Crippen molar-refractivity contribution in [1.29, 1.82) is 0 Å². The van der Waals surface area contributed by atoms with Gasteiger partial charge in [-0.3, -0.25) is 4.98 Å². The summed E-state index contributed by atoms with van der Waals surface area (Å²) in [6.45, 7) is 6.71. The van der Waals surface area contributed by atoms with Gasteiger partial charge in [0.25, 0.3) is 0 Å². The van der Waals surface area contributed by atoms with Crippen LogP contribution in [0.4, 0.5) is 4.79 Å². The van der Waals surface area contributed by atoms with Gasteiger partial charge in [-0.05, 0) is 57.4 Å². The smallest absolute Gasteiger partial charge is 0.407 e. The SMILES string of the molecule is CC(C)(C)N(CC1(COc2cncc(-c3ccc(Cl)cc3)c2)CC1)C(=O)O. The van der Waals surface area contributed by atoms with E-state index in [1.807, 2.05) is 51.1 Å². The third-order valence-corrected chi connectivity index (χ3v) is 5.18. The average molecular weight is 389 g/mol. The van der Waals surface area contributed by atoms with Gasteiger partial charge in [-0.25, -0.2) is 4.79 Å². The normalized spacial score (nSPS) is 15.3. The molecule has 1 aromatic heterocycles. The molecule has 2 aromatic rings. The second-order valence-electron chi connectivity index (χ2n) is 8.24. The molecule has 1 fully saturated rings. The summed E-state index contributed by atoms with van der Waals surface area (Å²) < 4.78 is 6.00. The van der Waals surface area contributed by atoms with Crippen LogP contribution in [0.2, 0.25) is 5.02 Å². The molecule has 5 nitrogen and oxygen atoms in total. The standard InChI is InChI=1S/C21H25ClN2O3/c1-20(2,3)24(19(25)26)13-21(8-9-21)14-27-18-10-16(11-23-12-18)15-4-6-17(22)7-5-15/h4-7,10-12H,8-9,13-14H2,1-3H3,(H,25,26). The van der Waals surface area contributed by atoms with E-state index >= 15 is 0 Å². The van der Waals surface area contributed by atoms with Crippen LogP contribution in [0.25, 0.3) is 11.1 Å². The van der Waals surface area contributed by atoms with Crippen molar-refractivity contribution in [1.82, 2.24) is 9.88 Å². The van der Waals surface area contributed by atoms with Gasteiger partial charge in [0.2, 0.25) is 0 Å². The van der Waals surface area contributed by atoms with Crippen molar-refractivity contribution in [2.45, 2.75) is 39.2 Å². The molecule has 3 rings (SSSR count). The van der Waals surface area contributed by atoms with Crippen LogP contribution in [0.15, 0.2) is 42.7 Å². The Balaban J connectivity index is 1.67. The Morgan fingerprint density at radius 2 is 1.89 bits per heavy atom. The second-order valence-corrected chi connectivity index (χ2v) is 8.68. The first-order valence-electron chi connectivity index (χ1n) is 9.03. The zero-order valence-corrected chi connectivity index (χ0v) is 16.7. The molecule has 6 heteroatoms. The van der Waals surface area contributed by atoms with Crippen LogP contribution in [-0.2, 0) is 0 Å². The van der Waals surface area contributed by atoms with Crippen LogP contribution >= 0.6 is 11.6 Å². The van der Waals surface area contributed by atoms with E-state index in [2.05, 4.69) is 4.98 Å². The van der Waals surface area contributed by atoms with E-state index in [0.717, 1.165) is 24.0 Å². The zero-order valence-electron chi connectivity index (χ0n) is 15.9. The topological polar surface area (TPSA) is 62.7 Å². The summed E-state index contributed by atoms with van der Waals surface area (Å²) in [6.07, 6.45) is 4.53. The summed E-state index contributed by atoms with van der Waals surface area (Å²) in [5, 5.41) is 10.2. The second kappa shape index (κ2) is 7.39. The molecule has 1 amide bonds. The molecule has 0 radical (unpaired) electrons. The highest BCUT2D eigenvalue weighted by atomic mass is 35.5. The predicted molar refractivity (Wildman–Crippen MR) is 106 cm³/mol. The molecule has 0 bridgehead atoms. The maximum absolute atomic E-state index is 11.6. The average Bonchev–Trinajstić information content (AvgIpc) is 3.38. The Hall–Kier alpha value is -2.27. The fraction of sp³-hybridized carbons (Fsp3) is 0.429. The molecule has 0 aliphatic heterocycles. The van der Waals surface area contributed by atoms with Gasteiger partial charge in [0, 0.05) is 34.3 Å². The molecule has 0 atom stereocenters. The van der Waals surface area contributed by atoms with E-state index in [9.17, 15) is 9.90 Å².